The summed E-state index contributed by atoms with van der Waals surface area (Å²) in [6, 6.07) is 7.62. The van der Waals surface area contributed by atoms with Crippen LogP contribution in [0.4, 0.5) is 9.93 Å². The van der Waals surface area contributed by atoms with E-state index in [9.17, 15) is 9.90 Å². The molecule has 0 aliphatic carbocycles. The fourth-order valence-corrected chi connectivity index (χ4v) is 4.08. The molecule has 0 fully saturated rings. The van der Waals surface area contributed by atoms with Gasteiger partial charge < -0.3 is 19.7 Å². The van der Waals surface area contributed by atoms with Crippen LogP contribution < -0.4 is 10.6 Å². The minimum Gasteiger partial charge on any atom is -0.395 e. The molecule has 11 heteroatoms. The zero-order valence-corrected chi connectivity index (χ0v) is 20.0. The first-order valence-electron chi connectivity index (χ1n) is 10.7. The molecule has 0 saturated heterocycles. The molecule has 0 atom stereocenters. The average molecular weight is 483 g/mol. The number of pyridine rings is 1. The van der Waals surface area contributed by atoms with E-state index in [4.69, 9.17) is 9.26 Å². The number of urea groups is 1. The lowest BCUT2D eigenvalue weighted by Crippen LogP contribution is -2.30. The molecule has 3 heterocycles. The highest BCUT2D eigenvalue weighted by Gasteiger charge is 2.26. The van der Waals surface area contributed by atoms with Gasteiger partial charge in [-0.05, 0) is 43.2 Å². The van der Waals surface area contributed by atoms with Crippen LogP contribution in [0.1, 0.15) is 31.1 Å². The highest BCUT2D eigenvalue weighted by Crippen LogP contribution is 2.30. The maximum absolute atomic E-state index is 12.3. The van der Waals surface area contributed by atoms with Crippen LogP contribution in [-0.2, 0) is 23.2 Å². The number of amides is 2. The van der Waals surface area contributed by atoms with Crippen LogP contribution in [0, 0.1) is 0 Å². The molecule has 0 radical (unpaired) electrons. The lowest BCUT2D eigenvalue weighted by molar-refractivity contribution is 0.182. The van der Waals surface area contributed by atoms with Crippen LogP contribution in [0.25, 0.3) is 21.3 Å². The minimum atomic E-state index is -0.605. The first kappa shape index (κ1) is 23.7. The molecule has 10 nitrogen and oxygen atoms in total. The molecule has 1 aromatic carbocycles. The van der Waals surface area contributed by atoms with Crippen molar-refractivity contribution in [2.45, 2.75) is 32.3 Å². The van der Waals surface area contributed by atoms with Crippen molar-refractivity contribution < 1.29 is 19.2 Å². The van der Waals surface area contributed by atoms with E-state index in [2.05, 4.69) is 30.7 Å². The Hall–Kier alpha value is -3.41. The van der Waals surface area contributed by atoms with Crippen LogP contribution in [0.2, 0.25) is 0 Å². The maximum atomic E-state index is 12.3. The summed E-state index contributed by atoms with van der Waals surface area (Å²) in [6.45, 7) is 4.35. The normalized spacial score (nSPS) is 11.6. The van der Waals surface area contributed by atoms with Crippen LogP contribution in [0.15, 0.2) is 41.2 Å². The average Bonchev–Trinajstić information content (AvgIpc) is 3.46. The number of fused-ring (bicyclic) bond motifs is 1. The molecule has 3 aromatic heterocycles. The zero-order valence-electron chi connectivity index (χ0n) is 19.2. The van der Waals surface area contributed by atoms with Crippen LogP contribution in [0.3, 0.4) is 0 Å². The summed E-state index contributed by atoms with van der Waals surface area (Å²) in [5.41, 5.74) is 3.20. The Balaban J connectivity index is 1.35. The maximum Gasteiger partial charge on any atom is 0.321 e. The number of carbonyl (C=O) groups excluding carboxylic acids is 1. The fourth-order valence-electron chi connectivity index (χ4n) is 3.18. The number of nitrogens with zero attached hydrogens (tertiary/aromatic N) is 4. The molecular weight excluding hydrogens is 456 g/mol. The molecule has 4 aromatic rings. The topological polar surface area (TPSA) is 135 Å². The Labute approximate surface area is 200 Å². The Morgan fingerprint density at radius 1 is 1.21 bits per heavy atom. The third-order valence-electron chi connectivity index (χ3n) is 5.12. The predicted octanol–water partition coefficient (Wildman–Crippen LogP) is 3.52. The Bertz CT molecular complexity index is 1290. The van der Waals surface area contributed by atoms with Gasteiger partial charge in [-0.3, -0.25) is 10.3 Å². The summed E-state index contributed by atoms with van der Waals surface area (Å²) >= 11 is 1.40. The Kier molecular flexibility index (Phi) is 7.15. The fraction of sp³-hybridized carbons (Fsp3) is 0.348. The van der Waals surface area contributed by atoms with Crippen molar-refractivity contribution in [2.24, 2.45) is 0 Å². The molecule has 34 heavy (non-hydrogen) atoms. The number of aliphatic hydroxyl groups is 1. The van der Waals surface area contributed by atoms with Crippen molar-refractivity contribution in [2.75, 3.05) is 25.6 Å². The van der Waals surface area contributed by atoms with Crippen molar-refractivity contribution >= 4 is 32.7 Å². The number of methoxy groups -OCH3 is 1. The van der Waals surface area contributed by atoms with E-state index < -0.39 is 5.41 Å². The third kappa shape index (κ3) is 5.56. The van der Waals surface area contributed by atoms with Gasteiger partial charge >= 0.3 is 6.03 Å². The molecule has 0 unspecified atom stereocenters. The second-order valence-corrected chi connectivity index (χ2v) is 9.44. The largest absolute Gasteiger partial charge is 0.395 e. The van der Waals surface area contributed by atoms with Gasteiger partial charge in [0.05, 0.1) is 28.8 Å². The highest BCUT2D eigenvalue weighted by molar-refractivity contribution is 7.22. The quantitative estimate of drug-likeness (QED) is 0.330. The van der Waals surface area contributed by atoms with Crippen molar-refractivity contribution in [1.29, 1.82) is 0 Å². The van der Waals surface area contributed by atoms with E-state index in [1.54, 1.807) is 13.3 Å². The zero-order chi connectivity index (χ0) is 24.1. The molecule has 0 saturated carbocycles. The van der Waals surface area contributed by atoms with Gasteiger partial charge in [0, 0.05) is 38.0 Å². The molecule has 0 aliphatic rings. The van der Waals surface area contributed by atoms with Gasteiger partial charge in [-0.2, -0.15) is 4.98 Å². The molecule has 3 N–H and O–H groups in total. The first-order chi connectivity index (χ1) is 16.4. The second kappa shape index (κ2) is 10.2. The molecule has 0 aliphatic heterocycles. The van der Waals surface area contributed by atoms with Crippen molar-refractivity contribution in [3.05, 3.63) is 53.9 Å². The number of aromatic nitrogens is 4. The summed E-state index contributed by atoms with van der Waals surface area (Å²) in [6.07, 6.45) is 4.00. The molecule has 0 spiro atoms. The van der Waals surface area contributed by atoms with E-state index >= 15 is 0 Å². The van der Waals surface area contributed by atoms with Gasteiger partial charge in [-0.15, -0.1) is 0 Å². The lowest BCUT2D eigenvalue weighted by Gasteiger charge is -2.14. The van der Waals surface area contributed by atoms with Gasteiger partial charge in [0.2, 0.25) is 5.89 Å². The number of benzene rings is 1. The summed E-state index contributed by atoms with van der Waals surface area (Å²) < 4.78 is 11.3. The molecular formula is C23H26N6O4S. The van der Waals surface area contributed by atoms with Gasteiger partial charge in [-0.1, -0.05) is 22.6 Å². The van der Waals surface area contributed by atoms with Gasteiger partial charge in [-0.25, -0.2) is 9.78 Å². The number of rotatable bonds is 9. The number of hydrogen-bond donors (Lipinski definition) is 3. The van der Waals surface area contributed by atoms with Crippen molar-refractivity contribution in [3.63, 3.8) is 0 Å². The SMILES string of the molecule is COCc1cncc(-c2ccc3nc(NC(=O)NCCc4noc(C(C)(C)CO)n4)sc3c2)c1. The highest BCUT2D eigenvalue weighted by atomic mass is 32.1. The third-order valence-corrected chi connectivity index (χ3v) is 6.06. The van der Waals surface area contributed by atoms with Gasteiger partial charge in [0.1, 0.15) is 0 Å². The van der Waals surface area contributed by atoms with Gasteiger partial charge in [0.15, 0.2) is 11.0 Å². The minimum absolute atomic E-state index is 0.101. The number of nitrogens with one attached hydrogen (secondary N) is 2. The summed E-state index contributed by atoms with van der Waals surface area (Å²) in [4.78, 5) is 25.4. The van der Waals surface area contributed by atoms with Gasteiger partial charge in [0.25, 0.3) is 0 Å². The number of anilines is 1. The first-order valence-corrected chi connectivity index (χ1v) is 11.5. The van der Waals surface area contributed by atoms with Crippen LogP contribution in [-0.4, -0.2) is 51.5 Å². The van der Waals surface area contributed by atoms with Crippen LogP contribution >= 0.6 is 11.3 Å². The molecule has 4 rings (SSSR count). The summed E-state index contributed by atoms with van der Waals surface area (Å²) in [5.74, 6) is 0.831. The van der Waals surface area contributed by atoms with Crippen molar-refractivity contribution in [1.82, 2.24) is 25.4 Å². The number of aliphatic hydroxyl groups excluding tert-OH is 1. The smallest absolute Gasteiger partial charge is 0.321 e. The second-order valence-electron chi connectivity index (χ2n) is 8.41. The molecule has 0 bridgehead atoms. The number of carbonyl (C=O) groups is 1. The number of thiazole rings is 1. The van der Waals surface area contributed by atoms with Crippen molar-refractivity contribution in [3.8, 4) is 11.1 Å². The monoisotopic (exact) mass is 482 g/mol. The summed E-state index contributed by atoms with van der Waals surface area (Å²) in [5, 5.41) is 19.3. The summed E-state index contributed by atoms with van der Waals surface area (Å²) in [7, 11) is 1.65. The molecule has 178 valence electrons. The standard InChI is InChI=1S/C23H26N6O4S/c1-23(2,13-30)20-27-19(29-33-20)6-7-25-21(31)28-22-26-17-5-4-15(9-18(17)34-22)16-8-14(12-32-3)10-24-11-16/h4-5,8-11,30H,6-7,12-13H2,1-3H3,(H2,25,26,28,31). The van der Waals surface area contributed by atoms with Crippen LogP contribution in [0.5, 0.6) is 0 Å². The number of hydrogen-bond acceptors (Lipinski definition) is 9. The van der Waals surface area contributed by atoms with E-state index in [0.29, 0.717) is 36.4 Å². The van der Waals surface area contributed by atoms with E-state index in [1.807, 2.05) is 44.3 Å². The van der Waals surface area contributed by atoms with E-state index in [1.165, 1.54) is 11.3 Å². The van der Waals surface area contributed by atoms with E-state index in [-0.39, 0.29) is 12.6 Å². The number of ether oxygens (including phenoxy) is 1. The Morgan fingerprint density at radius 2 is 2.06 bits per heavy atom. The molecule has 2 amide bonds. The Morgan fingerprint density at radius 3 is 2.85 bits per heavy atom. The lowest BCUT2D eigenvalue weighted by atomic mass is 9.95. The van der Waals surface area contributed by atoms with E-state index in [0.717, 1.165) is 26.9 Å². The predicted molar refractivity (Wildman–Crippen MR) is 129 cm³/mol.